The SMILES string of the molecule is C=C/C=c1/c(C)[n+](C)ccc1=C. The van der Waals surface area contributed by atoms with Crippen molar-refractivity contribution in [2.24, 2.45) is 7.05 Å². The lowest BCUT2D eigenvalue weighted by molar-refractivity contribution is -0.678. The van der Waals surface area contributed by atoms with Gasteiger partial charge in [-0.1, -0.05) is 19.2 Å². The molecular weight excluding hydrogens is 146 g/mol. The Morgan fingerprint density at radius 2 is 2.17 bits per heavy atom. The van der Waals surface area contributed by atoms with Crippen LogP contribution in [-0.4, -0.2) is 0 Å². The third kappa shape index (κ3) is 1.45. The fourth-order valence-electron chi connectivity index (χ4n) is 1.17. The molecule has 1 aromatic rings. The molecule has 0 fully saturated rings. The second kappa shape index (κ2) is 3.35. The summed E-state index contributed by atoms with van der Waals surface area (Å²) in [6.45, 7) is 9.70. The molecule has 0 saturated carbocycles. The van der Waals surface area contributed by atoms with Crippen LogP contribution in [0.25, 0.3) is 12.7 Å². The van der Waals surface area contributed by atoms with E-state index in [0.29, 0.717) is 0 Å². The molecule has 0 unspecified atom stereocenters. The van der Waals surface area contributed by atoms with E-state index in [2.05, 4.69) is 24.6 Å². The van der Waals surface area contributed by atoms with Crippen molar-refractivity contribution >= 4 is 12.7 Å². The van der Waals surface area contributed by atoms with Crippen molar-refractivity contribution in [2.75, 3.05) is 0 Å². The van der Waals surface area contributed by atoms with Crippen LogP contribution >= 0.6 is 0 Å². The molecule has 0 bridgehead atoms. The third-order valence-corrected chi connectivity index (χ3v) is 2.05. The van der Waals surface area contributed by atoms with Crippen LogP contribution in [0, 0.1) is 6.92 Å². The predicted molar refractivity (Wildman–Crippen MR) is 51.8 cm³/mol. The normalized spacial score (nSPS) is 11.7. The van der Waals surface area contributed by atoms with Gasteiger partial charge < -0.3 is 0 Å². The lowest BCUT2D eigenvalue weighted by atomic mass is 10.2. The second-order valence-corrected chi connectivity index (χ2v) is 2.85. The number of aryl methyl sites for hydroxylation is 1. The van der Waals surface area contributed by atoms with Gasteiger partial charge in [0.15, 0.2) is 11.9 Å². The van der Waals surface area contributed by atoms with E-state index in [1.165, 1.54) is 5.69 Å². The zero-order valence-electron chi connectivity index (χ0n) is 7.67. The van der Waals surface area contributed by atoms with Gasteiger partial charge in [0.1, 0.15) is 7.05 Å². The van der Waals surface area contributed by atoms with Crippen LogP contribution in [0.5, 0.6) is 0 Å². The first kappa shape index (κ1) is 8.72. The highest BCUT2D eigenvalue weighted by Gasteiger charge is 1.99. The molecule has 0 spiro atoms. The van der Waals surface area contributed by atoms with Gasteiger partial charge in [-0.05, 0) is 11.3 Å². The Bertz CT molecular complexity index is 402. The van der Waals surface area contributed by atoms with Gasteiger partial charge in [0.05, 0.1) is 0 Å². The molecule has 0 saturated heterocycles. The van der Waals surface area contributed by atoms with Gasteiger partial charge in [0.2, 0.25) is 0 Å². The van der Waals surface area contributed by atoms with E-state index in [1.54, 1.807) is 6.08 Å². The molecule has 0 aliphatic heterocycles. The first-order chi connectivity index (χ1) is 5.66. The highest BCUT2D eigenvalue weighted by Crippen LogP contribution is 1.73. The van der Waals surface area contributed by atoms with E-state index < -0.39 is 0 Å². The Balaban J connectivity index is 3.66. The van der Waals surface area contributed by atoms with Gasteiger partial charge >= 0.3 is 0 Å². The molecule has 0 atom stereocenters. The zero-order chi connectivity index (χ0) is 9.14. The van der Waals surface area contributed by atoms with Crippen LogP contribution < -0.4 is 15.0 Å². The Hall–Kier alpha value is -1.37. The summed E-state index contributed by atoms with van der Waals surface area (Å²) in [6, 6.07) is 2.00. The van der Waals surface area contributed by atoms with Crippen molar-refractivity contribution in [3.05, 3.63) is 41.0 Å². The highest BCUT2D eigenvalue weighted by atomic mass is 14.9. The molecule has 1 heterocycles. The molecule has 1 heteroatoms. The van der Waals surface area contributed by atoms with E-state index in [4.69, 9.17) is 0 Å². The maximum Gasteiger partial charge on any atom is 0.185 e. The number of aromatic nitrogens is 1. The number of rotatable bonds is 1. The fraction of sp³-hybridized carbons (Fsp3) is 0.182. The Morgan fingerprint density at radius 3 is 2.75 bits per heavy atom. The van der Waals surface area contributed by atoms with Gasteiger partial charge in [-0.15, -0.1) is 0 Å². The molecule has 62 valence electrons. The Kier molecular flexibility index (Phi) is 2.44. The average molecular weight is 160 g/mol. The van der Waals surface area contributed by atoms with Crippen LogP contribution in [0.4, 0.5) is 0 Å². The predicted octanol–water partition coefficient (Wildman–Crippen LogP) is 0.196. The number of hydrogen-bond donors (Lipinski definition) is 0. The molecule has 0 aliphatic carbocycles. The quantitative estimate of drug-likeness (QED) is 0.517. The van der Waals surface area contributed by atoms with Crippen molar-refractivity contribution < 1.29 is 4.57 Å². The van der Waals surface area contributed by atoms with Gasteiger partial charge in [0.25, 0.3) is 0 Å². The monoisotopic (exact) mass is 160 g/mol. The number of allylic oxidation sites excluding steroid dienone is 1. The summed E-state index contributed by atoms with van der Waals surface area (Å²) in [4.78, 5) is 0. The molecule has 0 N–H and O–H groups in total. The Morgan fingerprint density at radius 1 is 1.50 bits per heavy atom. The maximum atomic E-state index is 3.95. The van der Waals surface area contributed by atoms with E-state index >= 15 is 0 Å². The zero-order valence-corrected chi connectivity index (χ0v) is 7.67. The summed E-state index contributed by atoms with van der Waals surface area (Å²) in [5.41, 5.74) is 1.21. The summed E-state index contributed by atoms with van der Waals surface area (Å²) in [7, 11) is 2.02. The lowest BCUT2D eigenvalue weighted by Gasteiger charge is -1.93. The standard InChI is InChI=1S/C11H14N/c1-5-6-11-9(2)7-8-12(4)10(11)3/h5-8H,1-2H2,3-4H3/q+1/b11-6+. The third-order valence-electron chi connectivity index (χ3n) is 2.05. The van der Waals surface area contributed by atoms with Gasteiger partial charge in [0, 0.05) is 18.2 Å². The van der Waals surface area contributed by atoms with Crippen molar-refractivity contribution in [1.82, 2.24) is 0 Å². The van der Waals surface area contributed by atoms with Crippen LogP contribution in [0.2, 0.25) is 0 Å². The van der Waals surface area contributed by atoms with Crippen LogP contribution in [0.15, 0.2) is 24.9 Å². The minimum absolute atomic E-state index is 1.05. The molecule has 0 radical (unpaired) electrons. The molecule has 0 aliphatic rings. The number of hydrogen-bond acceptors (Lipinski definition) is 0. The maximum absolute atomic E-state index is 3.95. The molecule has 12 heavy (non-hydrogen) atoms. The highest BCUT2D eigenvalue weighted by molar-refractivity contribution is 5.36. The molecule has 1 aromatic heterocycles. The largest absolute Gasteiger partial charge is 0.205 e. The van der Waals surface area contributed by atoms with E-state index in [-0.39, 0.29) is 0 Å². The van der Waals surface area contributed by atoms with E-state index in [1.807, 2.05) is 25.4 Å². The van der Waals surface area contributed by atoms with E-state index in [0.717, 1.165) is 10.4 Å². The first-order valence-corrected chi connectivity index (χ1v) is 3.93. The van der Waals surface area contributed by atoms with Gasteiger partial charge in [-0.3, -0.25) is 0 Å². The topological polar surface area (TPSA) is 3.88 Å². The molecule has 1 rings (SSSR count). The minimum Gasteiger partial charge on any atom is -0.205 e. The molecule has 0 amide bonds. The summed E-state index contributed by atoms with van der Waals surface area (Å²) >= 11 is 0. The Labute approximate surface area is 73.0 Å². The fourth-order valence-corrected chi connectivity index (χ4v) is 1.17. The van der Waals surface area contributed by atoms with Crippen LogP contribution in [-0.2, 0) is 7.05 Å². The average Bonchev–Trinajstić information content (AvgIpc) is 2.06. The number of pyridine rings is 1. The first-order valence-electron chi connectivity index (χ1n) is 3.93. The van der Waals surface area contributed by atoms with E-state index in [9.17, 15) is 0 Å². The van der Waals surface area contributed by atoms with Crippen molar-refractivity contribution in [2.45, 2.75) is 6.92 Å². The second-order valence-electron chi connectivity index (χ2n) is 2.85. The molecule has 0 aromatic carbocycles. The smallest absolute Gasteiger partial charge is 0.185 e. The van der Waals surface area contributed by atoms with Gasteiger partial charge in [-0.25, -0.2) is 4.57 Å². The molecular formula is C11H14N+. The molecule has 1 nitrogen and oxygen atoms in total. The minimum atomic E-state index is 1.05. The van der Waals surface area contributed by atoms with Crippen LogP contribution in [0.1, 0.15) is 5.69 Å². The van der Waals surface area contributed by atoms with Crippen molar-refractivity contribution in [1.29, 1.82) is 0 Å². The number of nitrogens with zero attached hydrogens (tertiary/aromatic N) is 1. The summed E-state index contributed by atoms with van der Waals surface area (Å²) in [5, 5.41) is 2.21. The van der Waals surface area contributed by atoms with Gasteiger partial charge in [-0.2, -0.15) is 0 Å². The summed E-state index contributed by atoms with van der Waals surface area (Å²) < 4.78 is 2.07. The lowest BCUT2D eigenvalue weighted by Crippen LogP contribution is -2.43. The summed E-state index contributed by atoms with van der Waals surface area (Å²) in [6.07, 6.45) is 5.78. The summed E-state index contributed by atoms with van der Waals surface area (Å²) in [5.74, 6) is 0. The van der Waals surface area contributed by atoms with Crippen molar-refractivity contribution in [3.8, 4) is 0 Å². The van der Waals surface area contributed by atoms with Crippen LogP contribution in [0.3, 0.4) is 0 Å². The van der Waals surface area contributed by atoms with Crippen molar-refractivity contribution in [3.63, 3.8) is 0 Å².